The van der Waals surface area contributed by atoms with Gasteiger partial charge in [-0.2, -0.15) is 0 Å². The summed E-state index contributed by atoms with van der Waals surface area (Å²) in [6.45, 7) is 1.85. The van der Waals surface area contributed by atoms with Crippen LogP contribution in [0.1, 0.15) is 18.4 Å². The number of piperidine rings is 1. The van der Waals surface area contributed by atoms with E-state index in [1.165, 1.54) is 0 Å². The van der Waals surface area contributed by atoms with E-state index in [0.29, 0.717) is 38.2 Å². The smallest absolute Gasteiger partial charge is 0.317 e. The zero-order valence-corrected chi connectivity index (χ0v) is 12.7. The molecule has 124 valence electrons. The van der Waals surface area contributed by atoms with Crippen LogP contribution >= 0.6 is 0 Å². The van der Waals surface area contributed by atoms with E-state index in [9.17, 15) is 9.59 Å². The van der Waals surface area contributed by atoms with Gasteiger partial charge >= 0.3 is 12.1 Å². The van der Waals surface area contributed by atoms with Crippen LogP contribution in [0, 0.1) is 0 Å². The van der Waals surface area contributed by atoms with Gasteiger partial charge in [-0.05, 0) is 30.5 Å². The van der Waals surface area contributed by atoms with E-state index in [4.69, 9.17) is 15.2 Å². The zero-order chi connectivity index (χ0) is 16.2. The molecular weight excluding hydrogens is 300 g/mol. The molecule has 0 bridgehead atoms. The van der Waals surface area contributed by atoms with Crippen LogP contribution in [0.2, 0.25) is 0 Å². The van der Waals surface area contributed by atoms with Gasteiger partial charge in [0, 0.05) is 25.7 Å². The Kier molecular flexibility index (Phi) is 4.40. The third-order valence-electron chi connectivity index (χ3n) is 4.01. The molecule has 3 rings (SSSR count). The number of amides is 4. The highest BCUT2D eigenvalue weighted by molar-refractivity contribution is 5.74. The van der Waals surface area contributed by atoms with Crippen molar-refractivity contribution in [3.63, 3.8) is 0 Å². The fraction of sp³-hybridized carbons (Fsp3) is 0.467. The largest absolute Gasteiger partial charge is 0.454 e. The number of likely N-dealkylation sites (tertiary alicyclic amines) is 1. The molecule has 0 radical (unpaired) electrons. The first-order valence-electron chi connectivity index (χ1n) is 7.59. The number of urea groups is 2. The van der Waals surface area contributed by atoms with Crippen molar-refractivity contribution >= 4 is 12.1 Å². The summed E-state index contributed by atoms with van der Waals surface area (Å²) < 4.78 is 10.6. The van der Waals surface area contributed by atoms with Crippen molar-refractivity contribution in [1.82, 2.24) is 15.5 Å². The van der Waals surface area contributed by atoms with Gasteiger partial charge in [0.25, 0.3) is 0 Å². The number of rotatable bonds is 3. The summed E-state index contributed by atoms with van der Waals surface area (Å²) in [6, 6.07) is 5.02. The van der Waals surface area contributed by atoms with Crippen molar-refractivity contribution in [3.8, 4) is 11.5 Å². The fourth-order valence-electron chi connectivity index (χ4n) is 2.77. The van der Waals surface area contributed by atoms with E-state index in [2.05, 4.69) is 10.6 Å². The van der Waals surface area contributed by atoms with E-state index < -0.39 is 6.03 Å². The summed E-state index contributed by atoms with van der Waals surface area (Å²) in [5, 5.41) is 5.57. The van der Waals surface area contributed by atoms with Gasteiger partial charge in [-0.1, -0.05) is 6.07 Å². The zero-order valence-electron chi connectivity index (χ0n) is 12.7. The summed E-state index contributed by atoms with van der Waals surface area (Å²) in [7, 11) is 0. The lowest BCUT2D eigenvalue weighted by molar-refractivity contribution is 0.173. The van der Waals surface area contributed by atoms with Gasteiger partial charge in [-0.15, -0.1) is 0 Å². The number of benzene rings is 1. The van der Waals surface area contributed by atoms with Crippen molar-refractivity contribution in [2.75, 3.05) is 19.9 Å². The minimum absolute atomic E-state index is 0.0467. The maximum Gasteiger partial charge on any atom is 0.317 e. The molecular formula is C15H20N4O4. The molecule has 4 amide bonds. The lowest BCUT2D eigenvalue weighted by Crippen LogP contribution is -2.50. The van der Waals surface area contributed by atoms with Crippen LogP contribution in [-0.4, -0.2) is 42.9 Å². The second kappa shape index (κ2) is 6.64. The molecule has 2 aliphatic rings. The predicted molar refractivity (Wildman–Crippen MR) is 82.1 cm³/mol. The van der Waals surface area contributed by atoms with Crippen molar-refractivity contribution in [1.29, 1.82) is 0 Å². The lowest BCUT2D eigenvalue weighted by atomic mass is 10.1. The van der Waals surface area contributed by atoms with Gasteiger partial charge in [0.15, 0.2) is 11.5 Å². The number of fused-ring (bicyclic) bond motifs is 1. The SMILES string of the molecule is NC(=O)NC1CCN(C(=O)NCc2ccc3c(c2)OCO3)CC1. The maximum atomic E-state index is 12.2. The van der Waals surface area contributed by atoms with Gasteiger partial charge in [-0.25, -0.2) is 9.59 Å². The Morgan fingerprint density at radius 2 is 1.96 bits per heavy atom. The molecule has 0 unspecified atom stereocenters. The van der Waals surface area contributed by atoms with Gasteiger partial charge in [0.2, 0.25) is 6.79 Å². The monoisotopic (exact) mass is 320 g/mol. The van der Waals surface area contributed by atoms with Crippen LogP contribution in [-0.2, 0) is 6.54 Å². The molecule has 8 heteroatoms. The topological polar surface area (TPSA) is 106 Å². The Morgan fingerprint density at radius 3 is 2.70 bits per heavy atom. The highest BCUT2D eigenvalue weighted by Gasteiger charge is 2.23. The van der Waals surface area contributed by atoms with Crippen molar-refractivity contribution < 1.29 is 19.1 Å². The second-order valence-corrected chi connectivity index (χ2v) is 5.62. The van der Waals surface area contributed by atoms with Gasteiger partial charge < -0.3 is 30.7 Å². The van der Waals surface area contributed by atoms with Gasteiger partial charge in [0.1, 0.15) is 0 Å². The second-order valence-electron chi connectivity index (χ2n) is 5.62. The summed E-state index contributed by atoms with van der Waals surface area (Å²) in [5.74, 6) is 1.43. The van der Waals surface area contributed by atoms with E-state index in [-0.39, 0.29) is 18.9 Å². The van der Waals surface area contributed by atoms with E-state index >= 15 is 0 Å². The number of nitrogens with one attached hydrogen (secondary N) is 2. The third kappa shape index (κ3) is 3.77. The van der Waals surface area contributed by atoms with Crippen molar-refractivity contribution in [3.05, 3.63) is 23.8 Å². The number of hydrogen-bond acceptors (Lipinski definition) is 4. The number of nitrogens with zero attached hydrogens (tertiary/aromatic N) is 1. The molecule has 0 saturated carbocycles. The Labute approximate surface area is 133 Å². The first-order valence-corrected chi connectivity index (χ1v) is 7.59. The molecule has 0 aliphatic carbocycles. The molecule has 0 aromatic heterocycles. The van der Waals surface area contributed by atoms with E-state index in [1.807, 2.05) is 18.2 Å². The number of hydrogen-bond donors (Lipinski definition) is 3. The highest BCUT2D eigenvalue weighted by Crippen LogP contribution is 2.32. The van der Waals surface area contributed by atoms with Crippen molar-refractivity contribution in [2.24, 2.45) is 5.73 Å². The number of carbonyl (C=O) groups is 2. The fourth-order valence-corrected chi connectivity index (χ4v) is 2.77. The van der Waals surface area contributed by atoms with E-state index in [0.717, 1.165) is 11.3 Å². The number of primary amides is 1. The minimum atomic E-state index is -0.518. The Bertz CT molecular complexity index is 599. The molecule has 8 nitrogen and oxygen atoms in total. The molecule has 1 saturated heterocycles. The van der Waals surface area contributed by atoms with Crippen LogP contribution in [0.5, 0.6) is 11.5 Å². The van der Waals surface area contributed by atoms with Crippen LogP contribution in [0.15, 0.2) is 18.2 Å². The molecule has 1 aromatic rings. The molecule has 2 heterocycles. The average Bonchev–Trinajstić information content (AvgIpc) is 3.00. The first kappa shape index (κ1) is 15.3. The molecule has 4 N–H and O–H groups in total. The molecule has 23 heavy (non-hydrogen) atoms. The normalized spacial score (nSPS) is 17.0. The molecule has 1 fully saturated rings. The standard InChI is InChI=1S/C15H20N4O4/c16-14(20)18-11-3-5-19(6-4-11)15(21)17-8-10-1-2-12-13(7-10)23-9-22-12/h1-2,7,11H,3-6,8-9H2,(H,17,21)(H3,16,18,20). The Balaban J connectivity index is 1.46. The Hall–Kier alpha value is -2.64. The van der Waals surface area contributed by atoms with E-state index in [1.54, 1.807) is 4.90 Å². The number of carbonyl (C=O) groups excluding carboxylic acids is 2. The summed E-state index contributed by atoms with van der Waals surface area (Å²) in [5.41, 5.74) is 6.06. The van der Waals surface area contributed by atoms with Crippen LogP contribution < -0.4 is 25.8 Å². The third-order valence-corrected chi connectivity index (χ3v) is 4.01. The average molecular weight is 320 g/mol. The Morgan fingerprint density at radius 1 is 1.22 bits per heavy atom. The van der Waals surface area contributed by atoms with Crippen LogP contribution in [0.4, 0.5) is 9.59 Å². The summed E-state index contributed by atoms with van der Waals surface area (Å²) in [6.07, 6.45) is 1.42. The minimum Gasteiger partial charge on any atom is -0.454 e. The van der Waals surface area contributed by atoms with Crippen LogP contribution in [0.3, 0.4) is 0 Å². The maximum absolute atomic E-state index is 12.2. The first-order chi connectivity index (χ1) is 11.1. The predicted octanol–water partition coefficient (Wildman–Crippen LogP) is 0.758. The lowest BCUT2D eigenvalue weighted by Gasteiger charge is -2.32. The number of nitrogens with two attached hydrogens (primary N) is 1. The molecule has 2 aliphatic heterocycles. The quantitative estimate of drug-likeness (QED) is 0.764. The molecule has 0 spiro atoms. The molecule has 1 aromatic carbocycles. The number of ether oxygens (including phenoxy) is 2. The summed E-state index contributed by atoms with van der Waals surface area (Å²) >= 11 is 0. The summed E-state index contributed by atoms with van der Waals surface area (Å²) in [4.78, 5) is 24.7. The van der Waals surface area contributed by atoms with Crippen molar-refractivity contribution in [2.45, 2.75) is 25.4 Å². The van der Waals surface area contributed by atoms with Gasteiger partial charge in [0.05, 0.1) is 0 Å². The highest BCUT2D eigenvalue weighted by atomic mass is 16.7. The molecule has 0 atom stereocenters. The van der Waals surface area contributed by atoms with Crippen LogP contribution in [0.25, 0.3) is 0 Å². The van der Waals surface area contributed by atoms with Gasteiger partial charge in [-0.3, -0.25) is 0 Å².